The highest BCUT2D eigenvalue weighted by molar-refractivity contribution is 7.09. The van der Waals surface area contributed by atoms with Gasteiger partial charge in [0.05, 0.1) is 17.0 Å². The van der Waals surface area contributed by atoms with E-state index in [1.54, 1.807) is 4.90 Å². The van der Waals surface area contributed by atoms with Gasteiger partial charge in [0.1, 0.15) is 6.54 Å². The first-order chi connectivity index (χ1) is 13.6. The van der Waals surface area contributed by atoms with E-state index in [0.717, 1.165) is 25.1 Å². The van der Waals surface area contributed by atoms with Crippen LogP contribution >= 0.6 is 11.3 Å². The molecule has 2 amide bonds. The Bertz CT molecular complexity index is 758. The molecule has 5 heteroatoms. The summed E-state index contributed by atoms with van der Waals surface area (Å²) >= 11 is 1.87. The third kappa shape index (κ3) is 4.58. The molecule has 0 aliphatic carbocycles. The molecule has 2 saturated heterocycles. The van der Waals surface area contributed by atoms with E-state index in [1.807, 2.05) is 23.5 Å². The van der Waals surface area contributed by atoms with Crippen molar-refractivity contribution >= 4 is 23.1 Å². The number of amides is 2. The molecule has 0 spiro atoms. The van der Waals surface area contributed by atoms with Crippen LogP contribution in [-0.4, -0.2) is 24.2 Å². The molecule has 4 nitrogen and oxygen atoms in total. The van der Waals surface area contributed by atoms with Gasteiger partial charge in [-0.25, -0.2) is 4.79 Å². The Labute approximate surface area is 172 Å². The van der Waals surface area contributed by atoms with Crippen molar-refractivity contribution in [3.63, 3.8) is 0 Å². The number of hydrogen-bond donors (Lipinski definition) is 3. The standard InChI is InChI=1S/C23H31N3OS/c1-16(2)17-8-10-18(11-9-17)24-23(27)25-19-13-20-5-3-6-21(14-19)26(20)15-22-7-4-12-28-22/h4,7-12,16,19-21H,3,5-6,13-15H2,1-2H3,(H2,24,25,27)/p+1/t19?,20-,21+. The molecule has 1 aromatic heterocycles. The highest BCUT2D eigenvalue weighted by Gasteiger charge is 2.42. The summed E-state index contributed by atoms with van der Waals surface area (Å²) in [5, 5.41) is 8.44. The number of rotatable bonds is 5. The van der Waals surface area contributed by atoms with Gasteiger partial charge in [0.25, 0.3) is 0 Å². The van der Waals surface area contributed by atoms with Gasteiger partial charge in [0, 0.05) is 24.6 Å². The minimum Gasteiger partial charge on any atom is -0.335 e. The predicted octanol–water partition coefficient (Wildman–Crippen LogP) is 4.16. The maximum atomic E-state index is 12.5. The number of carbonyl (C=O) groups is 1. The van der Waals surface area contributed by atoms with Crippen LogP contribution in [0.4, 0.5) is 10.5 Å². The first-order valence-electron chi connectivity index (χ1n) is 10.6. The Morgan fingerprint density at radius 1 is 1.14 bits per heavy atom. The number of thiophene rings is 1. The van der Waals surface area contributed by atoms with Crippen molar-refractivity contribution in [3.05, 3.63) is 52.2 Å². The summed E-state index contributed by atoms with van der Waals surface area (Å²) in [5.74, 6) is 0.504. The van der Waals surface area contributed by atoms with Gasteiger partial charge < -0.3 is 15.5 Å². The van der Waals surface area contributed by atoms with Crippen LogP contribution in [0.1, 0.15) is 62.3 Å². The maximum absolute atomic E-state index is 12.5. The molecular formula is C23H32N3OS+. The average Bonchev–Trinajstić information content (AvgIpc) is 3.16. The second-order valence-electron chi connectivity index (χ2n) is 8.70. The molecule has 2 bridgehead atoms. The molecule has 0 saturated carbocycles. The summed E-state index contributed by atoms with van der Waals surface area (Å²) in [7, 11) is 0. The van der Waals surface area contributed by atoms with Gasteiger partial charge in [-0.2, -0.15) is 0 Å². The van der Waals surface area contributed by atoms with Gasteiger partial charge in [-0.1, -0.05) is 32.0 Å². The van der Waals surface area contributed by atoms with Crippen LogP contribution in [0, 0.1) is 0 Å². The Kier molecular flexibility index (Phi) is 6.02. The van der Waals surface area contributed by atoms with Crippen molar-refractivity contribution in [3.8, 4) is 0 Å². The number of nitrogens with one attached hydrogen (secondary N) is 3. The Hall–Kier alpha value is -1.85. The molecule has 2 aromatic rings. The highest BCUT2D eigenvalue weighted by Crippen LogP contribution is 2.24. The number of urea groups is 1. The lowest BCUT2D eigenvalue weighted by molar-refractivity contribution is -0.973. The van der Waals surface area contributed by atoms with E-state index >= 15 is 0 Å². The lowest BCUT2D eigenvalue weighted by Gasteiger charge is -2.45. The fraction of sp³-hybridized carbons (Fsp3) is 0.522. The third-order valence-corrected chi connectivity index (χ3v) is 7.30. The molecule has 1 aromatic carbocycles. The molecule has 150 valence electrons. The van der Waals surface area contributed by atoms with E-state index in [-0.39, 0.29) is 12.1 Å². The van der Waals surface area contributed by atoms with Crippen LogP contribution < -0.4 is 15.5 Å². The SMILES string of the molecule is CC(C)c1ccc(NC(=O)NC2C[C@H]3CCC[C@@H](C2)[NH+]3Cc2cccs2)cc1. The van der Waals surface area contributed by atoms with E-state index in [0.29, 0.717) is 18.0 Å². The molecule has 2 unspecified atom stereocenters. The lowest BCUT2D eigenvalue weighted by Crippen LogP contribution is -3.20. The van der Waals surface area contributed by atoms with Gasteiger partial charge in [-0.3, -0.25) is 0 Å². The molecular weight excluding hydrogens is 366 g/mol. The van der Waals surface area contributed by atoms with E-state index in [9.17, 15) is 4.79 Å². The zero-order chi connectivity index (χ0) is 19.5. The number of benzene rings is 1. The summed E-state index contributed by atoms with van der Waals surface area (Å²) in [6.45, 7) is 5.51. The normalized spacial score (nSPS) is 26.8. The molecule has 3 heterocycles. The number of anilines is 1. The monoisotopic (exact) mass is 398 g/mol. The van der Waals surface area contributed by atoms with Crippen molar-refractivity contribution in [2.75, 3.05) is 5.32 Å². The third-order valence-electron chi connectivity index (χ3n) is 6.42. The zero-order valence-corrected chi connectivity index (χ0v) is 17.7. The summed E-state index contributed by atoms with van der Waals surface area (Å²) in [4.78, 5) is 15.8. The van der Waals surface area contributed by atoms with Crippen LogP contribution in [0.25, 0.3) is 0 Å². The molecule has 2 aliphatic heterocycles. The zero-order valence-electron chi connectivity index (χ0n) is 16.9. The number of quaternary nitrogens is 1. The summed E-state index contributed by atoms with van der Waals surface area (Å²) in [6, 6.07) is 14.2. The van der Waals surface area contributed by atoms with E-state index in [1.165, 1.54) is 29.7 Å². The van der Waals surface area contributed by atoms with Gasteiger partial charge in [-0.05, 0) is 54.3 Å². The second-order valence-corrected chi connectivity index (χ2v) is 9.73. The van der Waals surface area contributed by atoms with Crippen molar-refractivity contribution in [2.45, 2.75) is 76.5 Å². The fourth-order valence-electron chi connectivity index (χ4n) is 4.96. The quantitative estimate of drug-likeness (QED) is 0.696. The first kappa shape index (κ1) is 19.5. The Morgan fingerprint density at radius 3 is 2.46 bits per heavy atom. The van der Waals surface area contributed by atoms with E-state index in [4.69, 9.17) is 0 Å². The molecule has 0 radical (unpaired) electrons. The van der Waals surface area contributed by atoms with Gasteiger partial charge >= 0.3 is 6.03 Å². The Balaban J connectivity index is 1.32. The molecule has 4 rings (SSSR count). The number of carbonyl (C=O) groups excluding carboxylic acids is 1. The molecule has 3 N–H and O–H groups in total. The first-order valence-corrected chi connectivity index (χ1v) is 11.5. The van der Waals surface area contributed by atoms with Crippen LogP contribution in [0.2, 0.25) is 0 Å². The van der Waals surface area contributed by atoms with Crippen LogP contribution in [0.3, 0.4) is 0 Å². The van der Waals surface area contributed by atoms with Crippen molar-refractivity contribution in [2.24, 2.45) is 0 Å². The number of piperidine rings is 2. The van der Waals surface area contributed by atoms with Crippen molar-refractivity contribution < 1.29 is 9.69 Å². The minimum absolute atomic E-state index is 0.0675. The van der Waals surface area contributed by atoms with Crippen LogP contribution in [0.5, 0.6) is 0 Å². The van der Waals surface area contributed by atoms with Gasteiger partial charge in [0.15, 0.2) is 0 Å². The van der Waals surface area contributed by atoms with Crippen LogP contribution in [0.15, 0.2) is 41.8 Å². The van der Waals surface area contributed by atoms with Gasteiger partial charge in [-0.15, -0.1) is 11.3 Å². The van der Waals surface area contributed by atoms with E-state index < -0.39 is 0 Å². The smallest absolute Gasteiger partial charge is 0.319 e. The Morgan fingerprint density at radius 2 is 1.86 bits per heavy atom. The molecule has 2 aliphatic rings. The van der Waals surface area contributed by atoms with E-state index in [2.05, 4.69) is 54.1 Å². The van der Waals surface area contributed by atoms with Crippen molar-refractivity contribution in [1.82, 2.24) is 5.32 Å². The average molecular weight is 399 g/mol. The number of hydrogen-bond acceptors (Lipinski definition) is 2. The molecule has 28 heavy (non-hydrogen) atoms. The summed E-state index contributed by atoms with van der Waals surface area (Å²) < 4.78 is 0. The topological polar surface area (TPSA) is 45.6 Å². The van der Waals surface area contributed by atoms with Gasteiger partial charge in [0.2, 0.25) is 0 Å². The summed E-state index contributed by atoms with van der Waals surface area (Å²) in [5.41, 5.74) is 2.16. The molecule has 2 fully saturated rings. The minimum atomic E-state index is -0.0675. The lowest BCUT2D eigenvalue weighted by atomic mass is 9.81. The van der Waals surface area contributed by atoms with Crippen molar-refractivity contribution in [1.29, 1.82) is 0 Å². The summed E-state index contributed by atoms with van der Waals surface area (Å²) in [6.07, 6.45) is 6.10. The number of fused-ring (bicyclic) bond motifs is 2. The predicted molar refractivity (Wildman–Crippen MR) is 116 cm³/mol. The molecule has 4 atom stereocenters. The fourth-order valence-corrected chi connectivity index (χ4v) is 5.70. The second kappa shape index (κ2) is 8.66. The largest absolute Gasteiger partial charge is 0.335 e. The van der Waals surface area contributed by atoms with Crippen LogP contribution in [-0.2, 0) is 6.54 Å². The maximum Gasteiger partial charge on any atom is 0.319 e. The highest BCUT2D eigenvalue weighted by atomic mass is 32.1.